The number of halogens is 1. The number of methoxy groups -OCH3 is 1. The Bertz CT molecular complexity index is 1070. The van der Waals surface area contributed by atoms with Crippen LogP contribution >= 0.6 is 23.4 Å². The second-order valence-corrected chi connectivity index (χ2v) is 7.89. The average molecular weight is 459 g/mol. The van der Waals surface area contributed by atoms with Crippen LogP contribution in [0.1, 0.15) is 11.4 Å². The Hall–Kier alpha value is -2.97. The molecule has 162 valence electrons. The number of aryl methyl sites for hydroxylation is 1. The van der Waals surface area contributed by atoms with E-state index < -0.39 is 0 Å². The van der Waals surface area contributed by atoms with Crippen molar-refractivity contribution in [3.05, 3.63) is 71.5 Å². The molecule has 0 radical (unpaired) electrons. The van der Waals surface area contributed by atoms with E-state index in [1.807, 2.05) is 47.9 Å². The number of allylic oxidation sites excluding steroid dienone is 1. The minimum Gasteiger partial charge on any atom is -0.493 e. The molecule has 1 N–H and O–H groups in total. The number of ether oxygens (including phenoxy) is 2. The largest absolute Gasteiger partial charge is 0.493 e. The predicted molar refractivity (Wildman–Crippen MR) is 123 cm³/mol. The Labute approximate surface area is 190 Å². The summed E-state index contributed by atoms with van der Waals surface area (Å²) in [5.41, 5.74) is 1.61. The summed E-state index contributed by atoms with van der Waals surface area (Å²) >= 11 is 7.40. The SMILES string of the molecule is C=CCn1c(COc2ccccc2OC)nnc1SCC(=O)Nc1ccc(C)c(Cl)c1. The van der Waals surface area contributed by atoms with E-state index in [0.717, 1.165) is 5.56 Å². The van der Waals surface area contributed by atoms with Crippen molar-refractivity contribution in [2.24, 2.45) is 0 Å². The molecule has 3 rings (SSSR count). The zero-order valence-electron chi connectivity index (χ0n) is 17.3. The van der Waals surface area contributed by atoms with Crippen molar-refractivity contribution in [2.45, 2.75) is 25.2 Å². The molecule has 0 spiro atoms. The van der Waals surface area contributed by atoms with Gasteiger partial charge in [-0.05, 0) is 36.8 Å². The number of thioether (sulfide) groups is 1. The lowest BCUT2D eigenvalue weighted by Crippen LogP contribution is -2.15. The van der Waals surface area contributed by atoms with Gasteiger partial charge in [-0.25, -0.2) is 0 Å². The zero-order valence-corrected chi connectivity index (χ0v) is 18.9. The van der Waals surface area contributed by atoms with Crippen LogP contribution in [-0.2, 0) is 17.9 Å². The molecule has 0 unspecified atom stereocenters. The summed E-state index contributed by atoms with van der Waals surface area (Å²) in [6, 6.07) is 12.8. The number of nitrogens with zero attached hydrogens (tertiary/aromatic N) is 3. The standard InChI is InChI=1S/C22H23ClN4O3S/c1-4-11-27-20(13-30-19-8-6-5-7-18(19)29-3)25-26-22(27)31-14-21(28)24-16-10-9-15(2)17(23)12-16/h4-10,12H,1,11,13-14H2,2-3H3,(H,24,28). The van der Waals surface area contributed by atoms with Crippen LogP contribution in [0.25, 0.3) is 0 Å². The molecule has 9 heteroatoms. The topological polar surface area (TPSA) is 78.3 Å². The maximum Gasteiger partial charge on any atom is 0.234 e. The Kier molecular flexibility index (Phi) is 7.97. The van der Waals surface area contributed by atoms with Crippen molar-refractivity contribution in [3.63, 3.8) is 0 Å². The van der Waals surface area contributed by atoms with Gasteiger partial charge in [-0.15, -0.1) is 16.8 Å². The highest BCUT2D eigenvalue weighted by molar-refractivity contribution is 7.99. The van der Waals surface area contributed by atoms with Crippen LogP contribution in [0.2, 0.25) is 5.02 Å². The van der Waals surface area contributed by atoms with Gasteiger partial charge in [0, 0.05) is 17.3 Å². The lowest BCUT2D eigenvalue weighted by Gasteiger charge is -2.11. The lowest BCUT2D eigenvalue weighted by atomic mass is 10.2. The molecule has 0 fully saturated rings. The van der Waals surface area contributed by atoms with Gasteiger partial charge in [-0.1, -0.05) is 47.6 Å². The number of hydrogen-bond donors (Lipinski definition) is 1. The van der Waals surface area contributed by atoms with Gasteiger partial charge < -0.3 is 14.8 Å². The van der Waals surface area contributed by atoms with E-state index in [4.69, 9.17) is 21.1 Å². The highest BCUT2D eigenvalue weighted by Gasteiger charge is 2.15. The summed E-state index contributed by atoms with van der Waals surface area (Å²) in [6.07, 6.45) is 1.74. The third kappa shape index (κ3) is 6.02. The smallest absolute Gasteiger partial charge is 0.234 e. The van der Waals surface area contributed by atoms with Crippen LogP contribution in [0.4, 0.5) is 5.69 Å². The molecule has 0 atom stereocenters. The molecule has 0 saturated heterocycles. The molecule has 0 bridgehead atoms. The molecular weight excluding hydrogens is 436 g/mol. The van der Waals surface area contributed by atoms with Gasteiger partial charge in [0.15, 0.2) is 22.5 Å². The van der Waals surface area contributed by atoms with Crippen molar-refractivity contribution >= 4 is 35.0 Å². The molecule has 0 aliphatic rings. The monoisotopic (exact) mass is 458 g/mol. The Morgan fingerprint density at radius 1 is 1.26 bits per heavy atom. The maximum atomic E-state index is 12.3. The van der Waals surface area contributed by atoms with Crippen LogP contribution < -0.4 is 14.8 Å². The molecule has 31 heavy (non-hydrogen) atoms. The Balaban J connectivity index is 1.63. The molecule has 2 aromatic carbocycles. The van der Waals surface area contributed by atoms with Crippen LogP contribution in [0.5, 0.6) is 11.5 Å². The van der Waals surface area contributed by atoms with E-state index in [1.54, 1.807) is 19.3 Å². The van der Waals surface area contributed by atoms with Gasteiger partial charge >= 0.3 is 0 Å². The number of benzene rings is 2. The molecule has 0 saturated carbocycles. The number of anilines is 1. The second kappa shape index (κ2) is 10.9. The lowest BCUT2D eigenvalue weighted by molar-refractivity contribution is -0.113. The summed E-state index contributed by atoms with van der Waals surface area (Å²) < 4.78 is 13.0. The number of aromatic nitrogens is 3. The fraction of sp³-hybridized carbons (Fsp3) is 0.227. The quantitative estimate of drug-likeness (QED) is 0.349. The molecule has 1 heterocycles. The Morgan fingerprint density at radius 2 is 2.03 bits per heavy atom. The van der Waals surface area contributed by atoms with E-state index in [9.17, 15) is 4.79 Å². The van der Waals surface area contributed by atoms with Crippen molar-refractivity contribution in [2.75, 3.05) is 18.2 Å². The molecule has 1 aromatic heterocycles. The highest BCUT2D eigenvalue weighted by atomic mass is 35.5. The average Bonchev–Trinajstić information content (AvgIpc) is 3.15. The first-order valence-corrected chi connectivity index (χ1v) is 10.9. The second-order valence-electron chi connectivity index (χ2n) is 6.54. The Morgan fingerprint density at radius 3 is 2.74 bits per heavy atom. The number of para-hydroxylation sites is 2. The molecule has 1 amide bonds. The van der Waals surface area contributed by atoms with Crippen molar-refractivity contribution < 1.29 is 14.3 Å². The van der Waals surface area contributed by atoms with Crippen molar-refractivity contribution in [1.82, 2.24) is 14.8 Å². The first-order valence-electron chi connectivity index (χ1n) is 9.49. The molecule has 0 aliphatic heterocycles. The minimum atomic E-state index is -0.162. The third-order valence-corrected chi connectivity index (χ3v) is 5.69. The van der Waals surface area contributed by atoms with E-state index in [-0.39, 0.29) is 18.3 Å². The number of carbonyl (C=O) groups excluding carboxylic acids is 1. The first-order chi connectivity index (χ1) is 15.0. The first kappa shape index (κ1) is 22.7. The number of rotatable bonds is 10. The summed E-state index contributed by atoms with van der Waals surface area (Å²) in [4.78, 5) is 12.3. The van der Waals surface area contributed by atoms with E-state index >= 15 is 0 Å². The summed E-state index contributed by atoms with van der Waals surface area (Å²) in [7, 11) is 1.59. The third-order valence-electron chi connectivity index (χ3n) is 4.32. The van der Waals surface area contributed by atoms with E-state index in [2.05, 4.69) is 22.1 Å². The number of amides is 1. The maximum absolute atomic E-state index is 12.3. The zero-order chi connectivity index (χ0) is 22.2. The fourth-order valence-electron chi connectivity index (χ4n) is 2.72. The molecular formula is C22H23ClN4O3S. The van der Waals surface area contributed by atoms with Gasteiger partial charge in [0.1, 0.15) is 6.61 Å². The van der Waals surface area contributed by atoms with Gasteiger partial charge in [-0.3, -0.25) is 9.36 Å². The summed E-state index contributed by atoms with van der Waals surface area (Å²) in [5.74, 6) is 1.89. The van der Waals surface area contributed by atoms with Crippen LogP contribution in [0.3, 0.4) is 0 Å². The van der Waals surface area contributed by atoms with Crippen molar-refractivity contribution in [3.8, 4) is 11.5 Å². The fourth-order valence-corrected chi connectivity index (χ4v) is 3.67. The van der Waals surface area contributed by atoms with Gasteiger partial charge in [0.05, 0.1) is 12.9 Å². The number of hydrogen-bond acceptors (Lipinski definition) is 6. The minimum absolute atomic E-state index is 0.162. The molecule has 3 aromatic rings. The summed E-state index contributed by atoms with van der Waals surface area (Å²) in [6.45, 7) is 6.40. The van der Waals surface area contributed by atoms with E-state index in [0.29, 0.717) is 39.7 Å². The van der Waals surface area contributed by atoms with Crippen LogP contribution in [0.15, 0.2) is 60.3 Å². The summed E-state index contributed by atoms with van der Waals surface area (Å²) in [5, 5.41) is 12.5. The van der Waals surface area contributed by atoms with E-state index in [1.165, 1.54) is 11.8 Å². The van der Waals surface area contributed by atoms with Gasteiger partial charge in [0.2, 0.25) is 5.91 Å². The number of carbonyl (C=O) groups is 1. The van der Waals surface area contributed by atoms with Crippen molar-refractivity contribution in [1.29, 1.82) is 0 Å². The normalized spacial score (nSPS) is 10.5. The highest BCUT2D eigenvalue weighted by Crippen LogP contribution is 2.27. The van der Waals surface area contributed by atoms with Crippen LogP contribution in [0, 0.1) is 6.92 Å². The van der Waals surface area contributed by atoms with Gasteiger partial charge in [0.25, 0.3) is 0 Å². The molecule has 0 aliphatic carbocycles. The van der Waals surface area contributed by atoms with Gasteiger partial charge in [-0.2, -0.15) is 0 Å². The van der Waals surface area contributed by atoms with Crippen LogP contribution in [-0.4, -0.2) is 33.5 Å². The number of nitrogens with one attached hydrogen (secondary N) is 1. The predicted octanol–water partition coefficient (Wildman–Crippen LogP) is 4.74. The molecule has 7 nitrogen and oxygen atoms in total.